The van der Waals surface area contributed by atoms with Gasteiger partial charge in [-0.15, -0.1) is 0 Å². The van der Waals surface area contributed by atoms with Gasteiger partial charge < -0.3 is 9.88 Å². The van der Waals surface area contributed by atoms with E-state index in [9.17, 15) is 4.79 Å². The lowest BCUT2D eigenvalue weighted by Crippen LogP contribution is -2.26. The first kappa shape index (κ1) is 16.9. The topological polar surface area (TPSA) is 59.8 Å². The average Bonchev–Trinajstić information content (AvgIpc) is 2.97. The summed E-state index contributed by atoms with van der Waals surface area (Å²) in [6.45, 7) is 2.05. The molecule has 3 rings (SSSR count). The summed E-state index contributed by atoms with van der Waals surface area (Å²) in [5.74, 6) is 0.367. The van der Waals surface area contributed by atoms with E-state index in [0.29, 0.717) is 17.3 Å². The number of aromatic nitrogens is 3. The van der Waals surface area contributed by atoms with Crippen molar-refractivity contribution in [2.75, 3.05) is 5.32 Å². The van der Waals surface area contributed by atoms with E-state index in [1.807, 2.05) is 22.9 Å². The van der Waals surface area contributed by atoms with Gasteiger partial charge in [0.2, 0.25) is 5.91 Å². The predicted octanol–water partition coefficient (Wildman–Crippen LogP) is 4.83. The molecule has 124 valence electrons. The summed E-state index contributed by atoms with van der Waals surface area (Å²) in [6.07, 6.45) is 6.74. The second-order valence-corrected chi connectivity index (χ2v) is 6.80. The Kier molecular flexibility index (Phi) is 5.16. The Hall–Kier alpha value is -1.92. The molecule has 0 bridgehead atoms. The fourth-order valence-corrected chi connectivity index (χ4v) is 3.06. The Morgan fingerprint density at radius 3 is 2.88 bits per heavy atom. The first-order valence-electron chi connectivity index (χ1n) is 7.63. The Balaban J connectivity index is 1.90. The van der Waals surface area contributed by atoms with Gasteiger partial charge in [-0.3, -0.25) is 4.79 Å². The molecule has 0 aliphatic rings. The number of carbonyl (C=O) groups excluding carboxylic acids is 1. The number of nitrogens with one attached hydrogen (secondary N) is 1. The van der Waals surface area contributed by atoms with E-state index in [2.05, 4.69) is 38.1 Å². The van der Waals surface area contributed by atoms with Gasteiger partial charge in [-0.1, -0.05) is 24.9 Å². The number of pyridine rings is 2. The van der Waals surface area contributed by atoms with E-state index in [1.165, 1.54) is 6.20 Å². The van der Waals surface area contributed by atoms with Crippen LogP contribution in [0.1, 0.15) is 25.8 Å². The van der Waals surface area contributed by atoms with Crippen LogP contribution in [0.3, 0.4) is 0 Å². The third-order valence-electron chi connectivity index (χ3n) is 3.70. The molecule has 1 atom stereocenters. The first-order valence-corrected chi connectivity index (χ1v) is 8.80. The number of hydrogen-bond acceptors (Lipinski definition) is 3. The van der Waals surface area contributed by atoms with Crippen LogP contribution in [-0.2, 0) is 4.79 Å². The number of nitrogens with zero attached hydrogens (tertiary/aromatic N) is 3. The van der Waals surface area contributed by atoms with E-state index < -0.39 is 0 Å². The summed E-state index contributed by atoms with van der Waals surface area (Å²) in [5, 5.41) is 4.37. The van der Waals surface area contributed by atoms with Gasteiger partial charge in [-0.05, 0) is 46.6 Å². The van der Waals surface area contributed by atoms with Gasteiger partial charge in [0.05, 0.1) is 5.02 Å². The van der Waals surface area contributed by atoms with Crippen LogP contribution in [0.2, 0.25) is 5.02 Å². The zero-order valence-corrected chi connectivity index (χ0v) is 15.4. The van der Waals surface area contributed by atoms with E-state index in [4.69, 9.17) is 11.6 Å². The molecule has 0 saturated carbocycles. The summed E-state index contributed by atoms with van der Waals surface area (Å²) < 4.78 is 2.82. The molecular weight excluding hydrogens is 392 g/mol. The monoisotopic (exact) mass is 406 g/mol. The second kappa shape index (κ2) is 7.32. The largest absolute Gasteiger partial charge is 0.320 e. The maximum atomic E-state index is 12.8. The third kappa shape index (κ3) is 3.60. The van der Waals surface area contributed by atoms with Crippen molar-refractivity contribution in [3.8, 4) is 0 Å². The third-order valence-corrected chi connectivity index (χ3v) is 4.36. The predicted molar refractivity (Wildman–Crippen MR) is 99.3 cm³/mol. The molecule has 24 heavy (non-hydrogen) atoms. The van der Waals surface area contributed by atoms with Gasteiger partial charge in [0.15, 0.2) is 0 Å². The van der Waals surface area contributed by atoms with E-state index in [-0.39, 0.29) is 11.9 Å². The minimum atomic E-state index is -0.348. The van der Waals surface area contributed by atoms with Crippen LogP contribution in [0.25, 0.3) is 11.0 Å². The van der Waals surface area contributed by atoms with Crippen LogP contribution < -0.4 is 5.32 Å². The molecule has 0 spiro atoms. The van der Waals surface area contributed by atoms with E-state index in [1.54, 1.807) is 18.3 Å². The zero-order chi connectivity index (χ0) is 17.1. The number of carbonyl (C=O) groups is 1. The molecule has 1 unspecified atom stereocenters. The van der Waals surface area contributed by atoms with Gasteiger partial charge in [-0.2, -0.15) is 0 Å². The number of fused-ring (bicyclic) bond motifs is 1. The standard InChI is InChI=1S/C17H16BrClN4O/c1-2-3-14(17(24)22-15-5-4-13(19)10-20-15)23-7-6-11-8-12(18)9-21-16(11)23/h4-10,14H,2-3H2,1H3,(H,20,22,24). The summed E-state index contributed by atoms with van der Waals surface area (Å²) in [7, 11) is 0. The van der Waals surface area contributed by atoms with Crippen molar-refractivity contribution in [3.05, 3.63) is 52.4 Å². The fraction of sp³-hybridized carbons (Fsp3) is 0.235. The number of amides is 1. The van der Waals surface area contributed by atoms with Crippen LogP contribution in [0.5, 0.6) is 0 Å². The molecule has 0 aliphatic carbocycles. The summed E-state index contributed by atoms with van der Waals surface area (Å²) in [4.78, 5) is 21.3. The van der Waals surface area contributed by atoms with Gasteiger partial charge in [-0.25, -0.2) is 9.97 Å². The van der Waals surface area contributed by atoms with Crippen LogP contribution >= 0.6 is 27.5 Å². The minimum Gasteiger partial charge on any atom is -0.320 e. The Bertz CT molecular complexity index is 863. The van der Waals surface area contributed by atoms with Gasteiger partial charge in [0.1, 0.15) is 17.5 Å². The molecule has 0 aromatic carbocycles. The maximum absolute atomic E-state index is 12.8. The van der Waals surface area contributed by atoms with Crippen molar-refractivity contribution in [1.29, 1.82) is 0 Å². The number of hydrogen-bond donors (Lipinski definition) is 1. The van der Waals surface area contributed by atoms with Gasteiger partial charge in [0.25, 0.3) is 0 Å². The van der Waals surface area contributed by atoms with Crippen LogP contribution in [0.4, 0.5) is 5.82 Å². The molecule has 0 saturated heterocycles. The quantitative estimate of drug-likeness (QED) is 0.659. The average molecular weight is 408 g/mol. The van der Waals surface area contributed by atoms with Crippen molar-refractivity contribution in [1.82, 2.24) is 14.5 Å². The summed E-state index contributed by atoms with van der Waals surface area (Å²) in [5.41, 5.74) is 0.788. The Labute approximate surface area is 153 Å². The molecule has 7 heteroatoms. The molecule has 5 nitrogen and oxygen atoms in total. The number of anilines is 1. The Morgan fingerprint density at radius 2 is 2.17 bits per heavy atom. The highest BCUT2D eigenvalue weighted by Crippen LogP contribution is 2.25. The number of rotatable bonds is 5. The van der Waals surface area contributed by atoms with Crippen molar-refractivity contribution < 1.29 is 4.79 Å². The molecule has 0 fully saturated rings. The molecule has 3 aromatic heterocycles. The van der Waals surface area contributed by atoms with Gasteiger partial charge in [0, 0.05) is 28.4 Å². The minimum absolute atomic E-state index is 0.117. The van der Waals surface area contributed by atoms with Gasteiger partial charge >= 0.3 is 0 Å². The van der Waals surface area contributed by atoms with Crippen LogP contribution in [0.15, 0.2) is 47.3 Å². The summed E-state index contributed by atoms with van der Waals surface area (Å²) in [6, 6.07) is 6.98. The highest BCUT2D eigenvalue weighted by molar-refractivity contribution is 9.10. The highest BCUT2D eigenvalue weighted by atomic mass is 79.9. The SMILES string of the molecule is CCCC(C(=O)Nc1ccc(Cl)cn1)n1ccc2cc(Br)cnc21. The molecule has 0 radical (unpaired) electrons. The van der Waals surface area contributed by atoms with Crippen molar-refractivity contribution in [2.45, 2.75) is 25.8 Å². The molecule has 1 N–H and O–H groups in total. The smallest absolute Gasteiger partial charge is 0.248 e. The van der Waals surface area contributed by atoms with Crippen LogP contribution in [0, 0.1) is 0 Å². The molecule has 3 aromatic rings. The van der Waals surface area contributed by atoms with E-state index >= 15 is 0 Å². The van der Waals surface area contributed by atoms with Crippen LogP contribution in [-0.4, -0.2) is 20.4 Å². The van der Waals surface area contributed by atoms with E-state index in [0.717, 1.165) is 21.9 Å². The lowest BCUT2D eigenvalue weighted by Gasteiger charge is -2.18. The molecule has 1 amide bonds. The lowest BCUT2D eigenvalue weighted by atomic mass is 10.1. The first-order chi connectivity index (χ1) is 11.6. The second-order valence-electron chi connectivity index (χ2n) is 5.44. The Morgan fingerprint density at radius 1 is 1.33 bits per heavy atom. The van der Waals surface area contributed by atoms with Crippen molar-refractivity contribution >= 4 is 50.3 Å². The maximum Gasteiger partial charge on any atom is 0.248 e. The molecule has 0 aliphatic heterocycles. The normalized spacial score (nSPS) is 12.3. The fourth-order valence-electron chi connectivity index (χ4n) is 2.60. The van der Waals surface area contributed by atoms with Crippen molar-refractivity contribution in [3.63, 3.8) is 0 Å². The number of halogens is 2. The molecular formula is C17H16BrClN4O. The van der Waals surface area contributed by atoms with Crippen molar-refractivity contribution in [2.24, 2.45) is 0 Å². The highest BCUT2D eigenvalue weighted by Gasteiger charge is 2.22. The lowest BCUT2D eigenvalue weighted by molar-refractivity contribution is -0.119. The molecule has 3 heterocycles. The summed E-state index contributed by atoms with van der Waals surface area (Å²) >= 11 is 9.25. The zero-order valence-electron chi connectivity index (χ0n) is 13.0.